The molecule has 2 rings (SSSR count). The second kappa shape index (κ2) is 14.1. The molecule has 154 valence electrons. The lowest BCUT2D eigenvalue weighted by atomic mass is 10.0. The van der Waals surface area contributed by atoms with E-state index in [1.165, 1.54) is 69.8 Å². The highest BCUT2D eigenvalue weighted by Gasteiger charge is 2.12. The lowest BCUT2D eigenvalue weighted by Gasteiger charge is -2.13. The molecular formula is C25H38N2O. The van der Waals surface area contributed by atoms with Gasteiger partial charge in [-0.2, -0.15) is 0 Å². The van der Waals surface area contributed by atoms with E-state index in [2.05, 4.69) is 42.0 Å². The summed E-state index contributed by atoms with van der Waals surface area (Å²) in [5.41, 5.74) is 3.36. The van der Waals surface area contributed by atoms with Gasteiger partial charge in [0, 0.05) is 11.8 Å². The molecule has 0 atom stereocenters. The van der Waals surface area contributed by atoms with Crippen LogP contribution in [0.4, 0.5) is 0 Å². The predicted molar refractivity (Wildman–Crippen MR) is 119 cm³/mol. The molecule has 0 saturated carbocycles. The number of unbranched alkanes of at least 4 members (excludes halogenated alkanes) is 9. The molecule has 3 heteroatoms. The van der Waals surface area contributed by atoms with Crippen LogP contribution in [0, 0.1) is 0 Å². The van der Waals surface area contributed by atoms with E-state index in [1.54, 1.807) is 6.33 Å². The maximum atomic E-state index is 6.14. The summed E-state index contributed by atoms with van der Waals surface area (Å²) < 4.78 is 6.14. The van der Waals surface area contributed by atoms with Crippen LogP contribution in [0.2, 0.25) is 0 Å². The molecule has 0 radical (unpaired) electrons. The van der Waals surface area contributed by atoms with E-state index in [0.29, 0.717) is 0 Å². The third-order valence-electron chi connectivity index (χ3n) is 5.24. The van der Waals surface area contributed by atoms with Crippen LogP contribution in [0.25, 0.3) is 11.3 Å². The fourth-order valence-electron chi connectivity index (χ4n) is 3.56. The quantitative estimate of drug-likeness (QED) is 0.301. The van der Waals surface area contributed by atoms with E-state index in [9.17, 15) is 0 Å². The summed E-state index contributed by atoms with van der Waals surface area (Å²) in [6.07, 6.45) is 18.7. The van der Waals surface area contributed by atoms with Crippen molar-refractivity contribution >= 4 is 0 Å². The molecule has 0 N–H and O–H groups in total. The molecule has 1 heterocycles. The van der Waals surface area contributed by atoms with Gasteiger partial charge in [0.15, 0.2) is 0 Å². The SMILES string of the molecule is CCCCCCCCc1cncnc1-c1ccccc1OCCCCCCC. The number of benzene rings is 1. The summed E-state index contributed by atoms with van der Waals surface area (Å²) in [7, 11) is 0. The summed E-state index contributed by atoms with van der Waals surface area (Å²) in [5, 5.41) is 0. The average Bonchev–Trinajstić information content (AvgIpc) is 2.74. The zero-order valence-electron chi connectivity index (χ0n) is 18.0. The first-order valence-electron chi connectivity index (χ1n) is 11.4. The molecule has 0 amide bonds. The van der Waals surface area contributed by atoms with Crippen LogP contribution in [-0.4, -0.2) is 16.6 Å². The van der Waals surface area contributed by atoms with Crippen molar-refractivity contribution in [2.24, 2.45) is 0 Å². The van der Waals surface area contributed by atoms with Crippen LogP contribution >= 0.6 is 0 Å². The molecule has 28 heavy (non-hydrogen) atoms. The standard InChI is InChI=1S/C25H38N2O/c1-3-5-7-9-10-12-16-22-20-26-21-27-25(22)23-17-13-14-18-24(23)28-19-15-11-8-6-4-2/h13-14,17-18,20-21H,3-12,15-16,19H2,1-2H3. The molecule has 0 spiro atoms. The van der Waals surface area contributed by atoms with Gasteiger partial charge in [-0.25, -0.2) is 9.97 Å². The molecule has 2 aromatic rings. The van der Waals surface area contributed by atoms with Crippen LogP contribution < -0.4 is 4.74 Å². The molecule has 0 fully saturated rings. The van der Waals surface area contributed by atoms with Crippen LogP contribution in [-0.2, 0) is 6.42 Å². The number of aromatic nitrogens is 2. The van der Waals surface area contributed by atoms with E-state index in [-0.39, 0.29) is 0 Å². The third-order valence-corrected chi connectivity index (χ3v) is 5.24. The first kappa shape index (κ1) is 22.4. The molecule has 1 aromatic carbocycles. The first-order chi connectivity index (χ1) is 13.9. The minimum absolute atomic E-state index is 0.776. The van der Waals surface area contributed by atoms with Crippen molar-refractivity contribution in [1.29, 1.82) is 0 Å². The van der Waals surface area contributed by atoms with Crippen molar-refractivity contribution in [1.82, 2.24) is 9.97 Å². The normalized spacial score (nSPS) is 10.9. The lowest BCUT2D eigenvalue weighted by molar-refractivity contribution is 0.305. The molecule has 0 saturated heterocycles. The van der Waals surface area contributed by atoms with Gasteiger partial charge < -0.3 is 4.74 Å². The Bertz CT molecular complexity index is 599. The van der Waals surface area contributed by atoms with Gasteiger partial charge in [0.2, 0.25) is 0 Å². The van der Waals surface area contributed by atoms with Crippen LogP contribution in [0.3, 0.4) is 0 Å². The van der Waals surface area contributed by atoms with E-state index in [1.807, 2.05) is 12.3 Å². The highest BCUT2D eigenvalue weighted by atomic mass is 16.5. The van der Waals surface area contributed by atoms with Gasteiger partial charge in [0.05, 0.1) is 12.3 Å². The molecule has 1 aromatic heterocycles. The van der Waals surface area contributed by atoms with Gasteiger partial charge in [-0.3, -0.25) is 0 Å². The Morgan fingerprint density at radius 3 is 2.25 bits per heavy atom. The number of hydrogen-bond acceptors (Lipinski definition) is 3. The molecule has 3 nitrogen and oxygen atoms in total. The minimum atomic E-state index is 0.776. The van der Waals surface area contributed by atoms with E-state index in [0.717, 1.165) is 36.5 Å². The maximum absolute atomic E-state index is 6.14. The smallest absolute Gasteiger partial charge is 0.128 e. The third kappa shape index (κ3) is 8.00. The number of nitrogens with zero attached hydrogens (tertiary/aromatic N) is 2. The van der Waals surface area contributed by atoms with Crippen molar-refractivity contribution in [2.45, 2.75) is 90.9 Å². The Balaban J connectivity index is 1.95. The van der Waals surface area contributed by atoms with E-state index >= 15 is 0 Å². The van der Waals surface area contributed by atoms with Crippen molar-refractivity contribution in [2.75, 3.05) is 6.61 Å². The Morgan fingerprint density at radius 2 is 1.46 bits per heavy atom. The van der Waals surface area contributed by atoms with Crippen molar-refractivity contribution in [3.63, 3.8) is 0 Å². The second-order valence-corrected chi connectivity index (χ2v) is 7.67. The van der Waals surface area contributed by atoms with Crippen LogP contribution in [0.15, 0.2) is 36.8 Å². The number of rotatable bonds is 15. The summed E-state index contributed by atoms with van der Waals surface area (Å²) in [4.78, 5) is 8.90. The molecule has 0 aliphatic heterocycles. The van der Waals surface area contributed by atoms with Crippen molar-refractivity contribution in [3.8, 4) is 17.0 Å². The largest absolute Gasteiger partial charge is 0.493 e. The number of para-hydroxylation sites is 1. The van der Waals surface area contributed by atoms with Gasteiger partial charge in [-0.05, 0) is 37.0 Å². The van der Waals surface area contributed by atoms with Gasteiger partial charge in [0.1, 0.15) is 12.1 Å². The highest BCUT2D eigenvalue weighted by Crippen LogP contribution is 2.31. The fraction of sp³-hybridized carbons (Fsp3) is 0.600. The monoisotopic (exact) mass is 382 g/mol. The highest BCUT2D eigenvalue weighted by molar-refractivity contribution is 5.69. The summed E-state index contributed by atoms with van der Waals surface area (Å²) in [5.74, 6) is 0.945. The molecular weight excluding hydrogens is 344 g/mol. The maximum Gasteiger partial charge on any atom is 0.128 e. The van der Waals surface area contributed by atoms with Crippen LogP contribution in [0.1, 0.15) is 90.0 Å². The predicted octanol–water partition coefficient (Wildman–Crippen LogP) is 7.40. The van der Waals surface area contributed by atoms with Gasteiger partial charge in [-0.1, -0.05) is 83.8 Å². The molecule has 0 bridgehead atoms. The van der Waals surface area contributed by atoms with Gasteiger partial charge in [-0.15, -0.1) is 0 Å². The van der Waals surface area contributed by atoms with Crippen molar-refractivity contribution in [3.05, 3.63) is 42.4 Å². The topological polar surface area (TPSA) is 35.0 Å². The Hall–Kier alpha value is -1.90. The summed E-state index contributed by atoms with van der Waals surface area (Å²) >= 11 is 0. The first-order valence-corrected chi connectivity index (χ1v) is 11.4. The van der Waals surface area contributed by atoms with Gasteiger partial charge in [0.25, 0.3) is 0 Å². The molecule has 0 aliphatic carbocycles. The Kier molecular flexibility index (Phi) is 11.3. The second-order valence-electron chi connectivity index (χ2n) is 7.67. The Labute approximate surface area is 172 Å². The average molecular weight is 383 g/mol. The van der Waals surface area contributed by atoms with Crippen LogP contribution in [0.5, 0.6) is 5.75 Å². The minimum Gasteiger partial charge on any atom is -0.493 e. The Morgan fingerprint density at radius 1 is 0.786 bits per heavy atom. The molecule has 0 unspecified atom stereocenters. The van der Waals surface area contributed by atoms with E-state index in [4.69, 9.17) is 4.74 Å². The summed E-state index contributed by atoms with van der Waals surface area (Å²) in [6, 6.07) is 8.31. The number of aryl methyl sites for hydroxylation is 1. The molecule has 0 aliphatic rings. The number of hydrogen-bond donors (Lipinski definition) is 0. The van der Waals surface area contributed by atoms with Gasteiger partial charge >= 0.3 is 0 Å². The van der Waals surface area contributed by atoms with Crippen molar-refractivity contribution < 1.29 is 4.74 Å². The number of ether oxygens (including phenoxy) is 1. The fourth-order valence-corrected chi connectivity index (χ4v) is 3.56. The summed E-state index contributed by atoms with van der Waals surface area (Å²) in [6.45, 7) is 5.29. The lowest BCUT2D eigenvalue weighted by Crippen LogP contribution is -2.01. The van der Waals surface area contributed by atoms with E-state index < -0.39 is 0 Å². The zero-order chi connectivity index (χ0) is 19.9. The zero-order valence-corrected chi connectivity index (χ0v) is 18.0.